The lowest BCUT2D eigenvalue weighted by Gasteiger charge is -2.09. The molecule has 1 aromatic heterocycles. The molecule has 3 nitrogen and oxygen atoms in total. The molecule has 0 bridgehead atoms. The molecular weight excluding hydrogens is 330 g/mol. The zero-order valence-electron chi connectivity index (χ0n) is 9.60. The molecule has 2 aromatic rings. The van der Waals surface area contributed by atoms with E-state index in [0.29, 0.717) is 0 Å². The van der Waals surface area contributed by atoms with Gasteiger partial charge in [0.15, 0.2) is 4.34 Å². The molecule has 1 aromatic carbocycles. The molecule has 1 aliphatic carbocycles. The summed E-state index contributed by atoms with van der Waals surface area (Å²) in [5.41, 5.74) is 3.08. The molecule has 6 heteroatoms. The van der Waals surface area contributed by atoms with Crippen LogP contribution in [0.1, 0.15) is 18.4 Å². The fraction of sp³-hybridized carbons (Fsp3) is 0.333. The second kappa shape index (κ2) is 5.69. The van der Waals surface area contributed by atoms with Crippen molar-refractivity contribution in [2.75, 3.05) is 0 Å². The summed E-state index contributed by atoms with van der Waals surface area (Å²) in [6.45, 7) is 0.922. The van der Waals surface area contributed by atoms with E-state index in [1.165, 1.54) is 23.3 Å². The van der Waals surface area contributed by atoms with Crippen molar-refractivity contribution in [1.29, 1.82) is 0 Å². The maximum atomic E-state index is 4.08. The predicted octanol–water partition coefficient (Wildman–Crippen LogP) is 3.70. The van der Waals surface area contributed by atoms with Crippen LogP contribution in [0.4, 0.5) is 0 Å². The van der Waals surface area contributed by atoms with E-state index in [-0.39, 0.29) is 0 Å². The molecule has 1 fully saturated rings. The fourth-order valence-corrected chi connectivity index (χ4v) is 3.58. The van der Waals surface area contributed by atoms with Crippen LogP contribution < -0.4 is 5.32 Å². The van der Waals surface area contributed by atoms with Crippen molar-refractivity contribution in [2.45, 2.75) is 34.7 Å². The monoisotopic (exact) mass is 341 g/mol. The summed E-state index contributed by atoms with van der Waals surface area (Å²) in [5.74, 6) is 0. The number of hydrogen-bond acceptors (Lipinski definition) is 5. The minimum absolute atomic E-state index is 0.725. The molecule has 0 spiro atoms. The van der Waals surface area contributed by atoms with Gasteiger partial charge in [-0.05, 0) is 36.6 Å². The van der Waals surface area contributed by atoms with Gasteiger partial charge in [0.05, 0.1) is 0 Å². The van der Waals surface area contributed by atoms with Crippen LogP contribution in [0.3, 0.4) is 0 Å². The molecule has 0 saturated heterocycles. The lowest BCUT2D eigenvalue weighted by Crippen LogP contribution is -2.15. The Kier molecular flexibility index (Phi) is 3.98. The zero-order valence-corrected chi connectivity index (χ0v) is 12.8. The van der Waals surface area contributed by atoms with E-state index in [4.69, 9.17) is 0 Å². The zero-order chi connectivity index (χ0) is 12.4. The number of nitrogens with one attached hydrogen (secondary N) is 1. The molecule has 0 amide bonds. The Morgan fingerprint density at radius 3 is 3.06 bits per heavy atom. The summed E-state index contributed by atoms with van der Waals surface area (Å²) in [7, 11) is 0. The molecule has 1 heterocycles. The predicted molar refractivity (Wildman–Crippen MR) is 78.0 cm³/mol. The van der Waals surface area contributed by atoms with Crippen LogP contribution in [0.5, 0.6) is 0 Å². The number of halogens is 1. The first kappa shape index (κ1) is 12.6. The van der Waals surface area contributed by atoms with Gasteiger partial charge in [-0.2, -0.15) is 0 Å². The van der Waals surface area contributed by atoms with E-state index in [1.807, 2.05) is 0 Å². The third-order valence-corrected chi connectivity index (χ3v) is 5.11. The van der Waals surface area contributed by atoms with Crippen LogP contribution in [0.25, 0.3) is 0 Å². The van der Waals surface area contributed by atoms with Gasteiger partial charge < -0.3 is 5.32 Å². The molecule has 0 aliphatic heterocycles. The normalized spacial score (nSPS) is 14.9. The van der Waals surface area contributed by atoms with Crippen LogP contribution in [-0.4, -0.2) is 16.2 Å². The first-order valence-corrected chi connectivity index (χ1v) is 8.26. The van der Waals surface area contributed by atoms with Crippen molar-refractivity contribution < 1.29 is 0 Å². The summed E-state index contributed by atoms with van der Waals surface area (Å²) in [4.78, 5) is 1.25. The van der Waals surface area contributed by atoms with Crippen molar-refractivity contribution in [3.05, 3.63) is 33.7 Å². The number of hydrogen-bond donors (Lipinski definition) is 1. The maximum absolute atomic E-state index is 4.08. The highest BCUT2D eigenvalue weighted by Crippen LogP contribution is 2.33. The lowest BCUT2D eigenvalue weighted by atomic mass is 10.2. The fourth-order valence-electron chi connectivity index (χ4n) is 1.63. The number of aromatic nitrogens is 2. The number of rotatable bonds is 5. The Balaban J connectivity index is 1.77. The van der Waals surface area contributed by atoms with Gasteiger partial charge in [-0.25, -0.2) is 0 Å². The molecular formula is C12H12BrN3S2. The summed E-state index contributed by atoms with van der Waals surface area (Å²) >= 11 is 6.80. The highest BCUT2D eigenvalue weighted by molar-refractivity contribution is 9.10. The van der Waals surface area contributed by atoms with E-state index < -0.39 is 0 Å². The number of benzene rings is 1. The van der Waals surface area contributed by atoms with Gasteiger partial charge >= 0.3 is 0 Å². The third-order valence-electron chi connectivity index (χ3n) is 2.72. The molecule has 3 rings (SSSR count). The molecule has 18 heavy (non-hydrogen) atoms. The largest absolute Gasteiger partial charge is 0.310 e. The van der Waals surface area contributed by atoms with Gasteiger partial charge in [0.1, 0.15) is 5.51 Å². The SMILES string of the molecule is Brc1ccc(Sc2nncs2)c(CNC2CC2)c1. The lowest BCUT2D eigenvalue weighted by molar-refractivity contribution is 0.680. The first-order chi connectivity index (χ1) is 8.81. The van der Waals surface area contributed by atoms with Crippen molar-refractivity contribution in [1.82, 2.24) is 15.5 Å². The van der Waals surface area contributed by atoms with Crippen molar-refractivity contribution in [3.8, 4) is 0 Å². The second-order valence-corrected chi connectivity index (χ2v) is 7.25. The maximum Gasteiger partial charge on any atom is 0.178 e. The average Bonchev–Trinajstić information content (AvgIpc) is 3.06. The van der Waals surface area contributed by atoms with Gasteiger partial charge in [-0.15, -0.1) is 10.2 Å². The first-order valence-electron chi connectivity index (χ1n) is 5.77. The Morgan fingerprint density at radius 1 is 1.44 bits per heavy atom. The van der Waals surface area contributed by atoms with Crippen molar-refractivity contribution in [2.24, 2.45) is 0 Å². The Bertz CT molecular complexity index is 526. The van der Waals surface area contributed by atoms with E-state index in [2.05, 4.69) is 49.6 Å². The third kappa shape index (κ3) is 3.32. The summed E-state index contributed by atoms with van der Waals surface area (Å²) in [5, 5.41) is 11.5. The average molecular weight is 342 g/mol. The topological polar surface area (TPSA) is 37.8 Å². The van der Waals surface area contributed by atoms with Gasteiger partial charge in [0.2, 0.25) is 0 Å². The minimum atomic E-state index is 0.725. The molecule has 1 saturated carbocycles. The highest BCUT2D eigenvalue weighted by Gasteiger charge is 2.20. The summed E-state index contributed by atoms with van der Waals surface area (Å²) in [6.07, 6.45) is 2.62. The van der Waals surface area contributed by atoms with Crippen LogP contribution in [0.2, 0.25) is 0 Å². The van der Waals surface area contributed by atoms with Gasteiger partial charge in [0, 0.05) is 22.0 Å². The van der Waals surface area contributed by atoms with Crippen LogP contribution >= 0.6 is 39.0 Å². The summed E-state index contributed by atoms with van der Waals surface area (Å²) in [6, 6.07) is 7.12. The standard InChI is InChI=1S/C12H12BrN3S2/c13-9-1-4-11(18-12-16-15-7-17-12)8(5-9)6-14-10-2-3-10/h1,4-5,7,10,14H,2-3,6H2. The van der Waals surface area contributed by atoms with Gasteiger partial charge in [-0.1, -0.05) is 39.0 Å². The Morgan fingerprint density at radius 2 is 2.33 bits per heavy atom. The molecule has 94 valence electrons. The van der Waals surface area contributed by atoms with Crippen molar-refractivity contribution >= 4 is 39.0 Å². The number of nitrogens with zero attached hydrogens (tertiary/aromatic N) is 2. The smallest absolute Gasteiger partial charge is 0.178 e. The second-order valence-electron chi connectivity index (χ2n) is 4.21. The quantitative estimate of drug-likeness (QED) is 0.899. The van der Waals surface area contributed by atoms with Gasteiger partial charge in [-0.3, -0.25) is 0 Å². The molecule has 1 N–H and O–H groups in total. The molecule has 0 unspecified atom stereocenters. The molecule has 0 atom stereocenters. The minimum Gasteiger partial charge on any atom is -0.310 e. The van der Waals surface area contributed by atoms with Crippen molar-refractivity contribution in [3.63, 3.8) is 0 Å². The van der Waals surface area contributed by atoms with Crippen LogP contribution in [-0.2, 0) is 6.54 Å². The van der Waals surface area contributed by atoms with E-state index in [1.54, 1.807) is 28.6 Å². The van der Waals surface area contributed by atoms with E-state index >= 15 is 0 Å². The molecule has 0 radical (unpaired) electrons. The Hall–Kier alpha value is -0.430. The van der Waals surface area contributed by atoms with E-state index in [0.717, 1.165) is 21.4 Å². The highest BCUT2D eigenvalue weighted by atomic mass is 79.9. The van der Waals surface area contributed by atoms with E-state index in [9.17, 15) is 0 Å². The molecule has 1 aliphatic rings. The van der Waals surface area contributed by atoms with Gasteiger partial charge in [0.25, 0.3) is 0 Å². The van der Waals surface area contributed by atoms with Crippen LogP contribution in [0, 0.1) is 0 Å². The summed E-state index contributed by atoms with van der Waals surface area (Å²) < 4.78 is 2.11. The van der Waals surface area contributed by atoms with Crippen LogP contribution in [0.15, 0.2) is 37.4 Å². The Labute approximate surface area is 123 Å².